The van der Waals surface area contributed by atoms with Gasteiger partial charge in [-0.2, -0.15) is 17.5 Å². The van der Waals surface area contributed by atoms with E-state index in [-0.39, 0.29) is 34.9 Å². The first-order valence-electron chi connectivity index (χ1n) is 9.54. The summed E-state index contributed by atoms with van der Waals surface area (Å²) in [6.07, 6.45) is -4.41. The van der Waals surface area contributed by atoms with Gasteiger partial charge in [-0.1, -0.05) is 36.0 Å². The normalized spacial score (nSPS) is 15.7. The molecule has 1 aliphatic rings. The third-order valence-electron chi connectivity index (χ3n) is 4.71. The highest BCUT2D eigenvalue weighted by atomic mass is 32.2. The Bertz CT molecular complexity index is 1190. The van der Waals surface area contributed by atoms with E-state index in [1.807, 2.05) is 0 Å². The average molecular weight is 486 g/mol. The summed E-state index contributed by atoms with van der Waals surface area (Å²) in [6.45, 7) is 1.25. The van der Waals surface area contributed by atoms with Gasteiger partial charge in [0.2, 0.25) is 15.9 Å². The van der Waals surface area contributed by atoms with Crippen LogP contribution in [-0.4, -0.2) is 49.2 Å². The fourth-order valence-electron chi connectivity index (χ4n) is 3.09. The van der Waals surface area contributed by atoms with E-state index >= 15 is 0 Å². The fraction of sp³-hybridized carbons (Fsp3) is 0.300. The molecule has 0 aliphatic carbocycles. The monoisotopic (exact) mass is 485 g/mol. The first kappa shape index (κ1) is 22.8. The van der Waals surface area contributed by atoms with E-state index in [4.69, 9.17) is 9.15 Å². The number of thioether (sulfide) groups is 1. The molecular formula is C20H18F3N3O4S2. The molecule has 3 aromatic rings. The number of hydrogen-bond donors (Lipinski definition) is 0. The summed E-state index contributed by atoms with van der Waals surface area (Å²) in [7, 11) is -3.68. The van der Waals surface area contributed by atoms with Crippen LogP contribution in [0.3, 0.4) is 0 Å². The lowest BCUT2D eigenvalue weighted by atomic mass is 10.1. The molecule has 1 aromatic heterocycles. The van der Waals surface area contributed by atoms with Crippen molar-refractivity contribution in [2.45, 2.75) is 22.0 Å². The first-order chi connectivity index (χ1) is 15.2. The van der Waals surface area contributed by atoms with Crippen molar-refractivity contribution in [3.05, 3.63) is 59.7 Å². The van der Waals surface area contributed by atoms with Crippen LogP contribution >= 0.6 is 11.8 Å². The minimum absolute atomic E-state index is 0.105. The summed E-state index contributed by atoms with van der Waals surface area (Å²) < 4.78 is 76.4. The molecule has 0 unspecified atom stereocenters. The Morgan fingerprint density at radius 2 is 1.78 bits per heavy atom. The molecule has 7 nitrogen and oxygen atoms in total. The standard InChI is InChI=1S/C20H18F3N3O4S2/c21-20(22,23)16-5-1-3-14(11-16)13-31-19-25-24-18(30-19)15-4-2-6-17(12-15)32(27,28)26-7-9-29-10-8-26/h1-6,11-12H,7-10,13H2. The number of benzene rings is 2. The number of sulfonamides is 1. The predicted molar refractivity (Wildman–Crippen MR) is 110 cm³/mol. The van der Waals surface area contributed by atoms with Crippen LogP contribution in [0.1, 0.15) is 11.1 Å². The van der Waals surface area contributed by atoms with Crippen molar-refractivity contribution >= 4 is 21.8 Å². The predicted octanol–water partition coefficient (Wildman–Crippen LogP) is 4.07. The van der Waals surface area contributed by atoms with Crippen molar-refractivity contribution in [3.63, 3.8) is 0 Å². The van der Waals surface area contributed by atoms with Gasteiger partial charge < -0.3 is 9.15 Å². The smallest absolute Gasteiger partial charge is 0.411 e. The molecule has 2 heterocycles. The van der Waals surface area contributed by atoms with Gasteiger partial charge in [-0.3, -0.25) is 0 Å². The van der Waals surface area contributed by atoms with Crippen LogP contribution in [0.2, 0.25) is 0 Å². The number of rotatable bonds is 6. The molecule has 0 amide bonds. The van der Waals surface area contributed by atoms with Crippen molar-refractivity contribution in [2.75, 3.05) is 26.3 Å². The maximum atomic E-state index is 12.9. The topological polar surface area (TPSA) is 85.5 Å². The second kappa shape index (κ2) is 9.22. The van der Waals surface area contributed by atoms with Crippen LogP contribution in [0.4, 0.5) is 13.2 Å². The molecular weight excluding hydrogens is 467 g/mol. The van der Waals surface area contributed by atoms with Crippen LogP contribution < -0.4 is 0 Å². The molecule has 0 atom stereocenters. The van der Waals surface area contributed by atoms with Crippen molar-refractivity contribution in [1.29, 1.82) is 0 Å². The number of aromatic nitrogens is 2. The lowest BCUT2D eigenvalue weighted by Gasteiger charge is -2.26. The minimum Gasteiger partial charge on any atom is -0.411 e. The second-order valence-electron chi connectivity index (χ2n) is 6.90. The molecule has 4 rings (SSSR count). The first-order valence-corrected chi connectivity index (χ1v) is 12.0. The Morgan fingerprint density at radius 3 is 2.53 bits per heavy atom. The summed E-state index contributed by atoms with van der Waals surface area (Å²) in [6, 6.07) is 11.2. The van der Waals surface area contributed by atoms with E-state index in [2.05, 4.69) is 10.2 Å². The summed E-state index contributed by atoms with van der Waals surface area (Å²) in [4.78, 5) is 0.105. The molecule has 32 heavy (non-hydrogen) atoms. The third-order valence-corrected chi connectivity index (χ3v) is 7.50. The van der Waals surface area contributed by atoms with Gasteiger partial charge in [-0.25, -0.2) is 8.42 Å². The van der Waals surface area contributed by atoms with Crippen LogP contribution in [-0.2, 0) is 26.7 Å². The van der Waals surface area contributed by atoms with E-state index in [0.29, 0.717) is 24.3 Å². The fourth-order valence-corrected chi connectivity index (χ4v) is 5.25. The number of nitrogens with zero attached hydrogens (tertiary/aromatic N) is 3. The van der Waals surface area contributed by atoms with Crippen LogP contribution in [0.25, 0.3) is 11.5 Å². The van der Waals surface area contributed by atoms with Gasteiger partial charge in [0.1, 0.15) is 0 Å². The minimum atomic E-state index is -4.41. The molecule has 1 aliphatic heterocycles. The highest BCUT2D eigenvalue weighted by molar-refractivity contribution is 7.98. The number of hydrogen-bond acceptors (Lipinski definition) is 7. The largest absolute Gasteiger partial charge is 0.416 e. The van der Waals surface area contributed by atoms with Crippen molar-refractivity contribution in [1.82, 2.24) is 14.5 Å². The highest BCUT2D eigenvalue weighted by Gasteiger charge is 2.30. The van der Waals surface area contributed by atoms with Crippen LogP contribution in [0.5, 0.6) is 0 Å². The summed E-state index contributed by atoms with van der Waals surface area (Å²) in [5.41, 5.74) is 0.168. The molecule has 170 valence electrons. The SMILES string of the molecule is O=S(=O)(c1cccc(-c2nnc(SCc3cccc(C(F)(F)F)c3)o2)c1)N1CCOCC1. The Labute approximate surface area is 186 Å². The van der Waals surface area contributed by atoms with Crippen LogP contribution in [0, 0.1) is 0 Å². The zero-order valence-corrected chi connectivity index (χ0v) is 18.2. The van der Waals surface area contributed by atoms with Crippen molar-refractivity contribution in [2.24, 2.45) is 0 Å². The Kier molecular flexibility index (Phi) is 6.56. The Hall–Kier alpha value is -2.41. The molecule has 0 N–H and O–H groups in total. The summed E-state index contributed by atoms with van der Waals surface area (Å²) in [5, 5.41) is 8.02. The highest BCUT2D eigenvalue weighted by Crippen LogP contribution is 2.32. The number of morpholine rings is 1. The molecule has 1 fully saturated rings. The molecule has 0 bridgehead atoms. The molecule has 1 saturated heterocycles. The second-order valence-corrected chi connectivity index (χ2v) is 9.77. The van der Waals surface area contributed by atoms with Crippen molar-refractivity contribution < 1.29 is 30.7 Å². The molecule has 12 heteroatoms. The van der Waals surface area contributed by atoms with E-state index in [9.17, 15) is 21.6 Å². The van der Waals surface area contributed by atoms with Gasteiger partial charge in [0.25, 0.3) is 5.22 Å². The lowest BCUT2D eigenvalue weighted by molar-refractivity contribution is -0.137. The van der Waals surface area contributed by atoms with E-state index < -0.39 is 21.8 Å². The molecule has 2 aromatic carbocycles. The van der Waals surface area contributed by atoms with Crippen LogP contribution in [0.15, 0.2) is 63.1 Å². The quantitative estimate of drug-likeness (QED) is 0.487. The number of ether oxygens (including phenoxy) is 1. The zero-order valence-electron chi connectivity index (χ0n) is 16.6. The zero-order chi connectivity index (χ0) is 22.8. The Morgan fingerprint density at radius 1 is 1.03 bits per heavy atom. The van der Waals surface area contributed by atoms with Crippen molar-refractivity contribution in [3.8, 4) is 11.5 Å². The number of halogens is 3. The molecule has 0 spiro atoms. The van der Waals surface area contributed by atoms with Gasteiger partial charge in [0.15, 0.2) is 0 Å². The van der Waals surface area contributed by atoms with Gasteiger partial charge in [0, 0.05) is 24.4 Å². The van der Waals surface area contributed by atoms with Gasteiger partial charge in [-0.05, 0) is 29.8 Å². The van der Waals surface area contributed by atoms with E-state index in [1.165, 1.54) is 22.5 Å². The third kappa shape index (κ3) is 5.14. The number of alkyl halides is 3. The maximum Gasteiger partial charge on any atom is 0.416 e. The Balaban J connectivity index is 1.48. The summed E-state index contributed by atoms with van der Waals surface area (Å²) in [5.74, 6) is 0.326. The van der Waals surface area contributed by atoms with Gasteiger partial charge >= 0.3 is 6.18 Å². The molecule has 0 saturated carbocycles. The molecule has 0 radical (unpaired) electrons. The van der Waals surface area contributed by atoms with Gasteiger partial charge in [-0.15, -0.1) is 10.2 Å². The maximum absolute atomic E-state index is 12.9. The summed E-state index contributed by atoms with van der Waals surface area (Å²) >= 11 is 1.09. The lowest BCUT2D eigenvalue weighted by Crippen LogP contribution is -2.40. The van der Waals surface area contributed by atoms with E-state index in [1.54, 1.807) is 18.2 Å². The van der Waals surface area contributed by atoms with E-state index in [0.717, 1.165) is 23.9 Å². The average Bonchev–Trinajstić information content (AvgIpc) is 3.27. The van der Waals surface area contributed by atoms with Gasteiger partial charge in [0.05, 0.1) is 23.7 Å².